The third-order valence-electron chi connectivity index (χ3n) is 5.95. The monoisotopic (exact) mass is 376 g/mol. The summed E-state index contributed by atoms with van der Waals surface area (Å²) < 4.78 is 5.70. The molecule has 4 rings (SSSR count). The second kappa shape index (κ2) is 8.13. The summed E-state index contributed by atoms with van der Waals surface area (Å²) in [4.78, 5) is 12.7. The number of ether oxygens (including phenoxy) is 1. The molecule has 5 nitrogen and oxygen atoms in total. The SMILES string of the molecule is C=C(C)CCC1CCC(c2ccc(C3=Nc4c(N)ncnc4OC3)cc2)CC1. The minimum absolute atomic E-state index is 0.349. The third kappa shape index (κ3) is 4.08. The van der Waals surface area contributed by atoms with E-state index in [9.17, 15) is 0 Å². The van der Waals surface area contributed by atoms with Gasteiger partial charge in [-0.15, -0.1) is 6.58 Å². The number of nitrogens with zero attached hydrogens (tertiary/aromatic N) is 3. The molecular weight excluding hydrogens is 348 g/mol. The van der Waals surface area contributed by atoms with Gasteiger partial charge in [-0.3, -0.25) is 0 Å². The van der Waals surface area contributed by atoms with Crippen LogP contribution in [-0.2, 0) is 0 Å². The van der Waals surface area contributed by atoms with Crippen LogP contribution in [0.4, 0.5) is 11.5 Å². The average molecular weight is 377 g/mol. The van der Waals surface area contributed by atoms with E-state index in [1.807, 2.05) is 0 Å². The molecule has 0 saturated heterocycles. The fraction of sp³-hybridized carbons (Fsp3) is 0.435. The van der Waals surface area contributed by atoms with Crippen LogP contribution >= 0.6 is 0 Å². The van der Waals surface area contributed by atoms with E-state index in [0.717, 1.165) is 17.2 Å². The largest absolute Gasteiger partial charge is 0.469 e. The maximum absolute atomic E-state index is 5.91. The highest BCUT2D eigenvalue weighted by molar-refractivity contribution is 6.04. The van der Waals surface area contributed by atoms with Gasteiger partial charge in [-0.2, -0.15) is 4.98 Å². The van der Waals surface area contributed by atoms with Crippen molar-refractivity contribution in [3.63, 3.8) is 0 Å². The van der Waals surface area contributed by atoms with Crippen LogP contribution in [-0.4, -0.2) is 22.3 Å². The summed E-state index contributed by atoms with van der Waals surface area (Å²) in [5.41, 5.74) is 11.1. The van der Waals surface area contributed by atoms with Crippen molar-refractivity contribution >= 4 is 17.2 Å². The highest BCUT2D eigenvalue weighted by atomic mass is 16.5. The Kier molecular flexibility index (Phi) is 5.42. The molecule has 0 radical (unpaired) electrons. The van der Waals surface area contributed by atoms with E-state index >= 15 is 0 Å². The molecule has 2 heterocycles. The van der Waals surface area contributed by atoms with E-state index in [1.54, 1.807) is 0 Å². The maximum Gasteiger partial charge on any atom is 0.245 e. The van der Waals surface area contributed by atoms with Crippen molar-refractivity contribution in [3.05, 3.63) is 53.9 Å². The molecule has 0 bridgehead atoms. The molecule has 28 heavy (non-hydrogen) atoms. The zero-order valence-corrected chi connectivity index (χ0v) is 16.5. The number of hydrogen-bond donors (Lipinski definition) is 1. The lowest BCUT2D eigenvalue weighted by Gasteiger charge is -2.29. The Morgan fingerprint density at radius 1 is 1.14 bits per heavy atom. The van der Waals surface area contributed by atoms with Gasteiger partial charge < -0.3 is 10.5 Å². The number of fused-ring (bicyclic) bond motifs is 1. The number of hydrogen-bond acceptors (Lipinski definition) is 5. The van der Waals surface area contributed by atoms with E-state index in [1.165, 1.54) is 56.0 Å². The van der Waals surface area contributed by atoms with Crippen molar-refractivity contribution in [1.29, 1.82) is 0 Å². The smallest absolute Gasteiger partial charge is 0.245 e. The van der Waals surface area contributed by atoms with Crippen molar-refractivity contribution in [2.75, 3.05) is 12.3 Å². The second-order valence-corrected chi connectivity index (χ2v) is 8.10. The Bertz CT molecular complexity index is 880. The zero-order chi connectivity index (χ0) is 19.5. The van der Waals surface area contributed by atoms with E-state index < -0.39 is 0 Å². The molecule has 1 saturated carbocycles. The van der Waals surface area contributed by atoms with Crippen LogP contribution < -0.4 is 10.5 Å². The first-order chi connectivity index (χ1) is 13.6. The van der Waals surface area contributed by atoms with Gasteiger partial charge in [-0.25, -0.2) is 9.98 Å². The fourth-order valence-electron chi connectivity index (χ4n) is 4.22. The number of allylic oxidation sites excluding steroid dienone is 1. The van der Waals surface area contributed by atoms with Crippen molar-refractivity contribution in [3.8, 4) is 5.88 Å². The first-order valence-corrected chi connectivity index (χ1v) is 10.2. The van der Waals surface area contributed by atoms with Crippen LogP contribution in [0.2, 0.25) is 0 Å². The Morgan fingerprint density at radius 2 is 1.89 bits per heavy atom. The minimum atomic E-state index is 0.349. The quantitative estimate of drug-likeness (QED) is 0.728. The van der Waals surface area contributed by atoms with Crippen LogP contribution in [0.15, 0.2) is 47.7 Å². The number of rotatable bonds is 5. The molecule has 1 aliphatic carbocycles. The molecule has 0 spiro atoms. The Hall–Kier alpha value is -2.69. The molecule has 146 valence electrons. The van der Waals surface area contributed by atoms with E-state index in [2.05, 4.69) is 52.7 Å². The normalized spacial score (nSPS) is 21.4. The van der Waals surface area contributed by atoms with Gasteiger partial charge in [0.15, 0.2) is 11.5 Å². The van der Waals surface area contributed by atoms with Gasteiger partial charge in [0, 0.05) is 0 Å². The van der Waals surface area contributed by atoms with Crippen LogP contribution in [0.5, 0.6) is 5.88 Å². The van der Waals surface area contributed by atoms with Gasteiger partial charge in [0.1, 0.15) is 12.9 Å². The number of benzene rings is 1. The van der Waals surface area contributed by atoms with Crippen LogP contribution in [0.1, 0.15) is 62.5 Å². The van der Waals surface area contributed by atoms with Crippen molar-refractivity contribution in [2.45, 2.75) is 51.4 Å². The number of aromatic nitrogens is 2. The summed E-state index contributed by atoms with van der Waals surface area (Å²) in [5.74, 6) is 2.34. The molecule has 2 N–H and O–H groups in total. The molecule has 1 fully saturated rings. The number of nitrogen functional groups attached to an aromatic ring is 1. The lowest BCUT2D eigenvalue weighted by atomic mass is 9.77. The standard InChI is InChI=1S/C23H28N4O/c1-15(2)3-4-16-5-7-17(8-6-16)18-9-11-19(12-10-18)20-13-28-23-21(27-20)22(24)25-14-26-23/h9-12,14,16-17H,1,3-8,13H2,2H3,(H2,24,25,26). The highest BCUT2D eigenvalue weighted by Crippen LogP contribution is 2.38. The molecule has 0 atom stereocenters. The van der Waals surface area contributed by atoms with Crippen LogP contribution in [0, 0.1) is 5.92 Å². The maximum atomic E-state index is 5.91. The van der Waals surface area contributed by atoms with Gasteiger partial charge in [0.2, 0.25) is 5.88 Å². The van der Waals surface area contributed by atoms with E-state index in [4.69, 9.17) is 10.5 Å². The summed E-state index contributed by atoms with van der Waals surface area (Å²) in [6, 6.07) is 8.79. The van der Waals surface area contributed by atoms with Crippen LogP contribution in [0.3, 0.4) is 0 Å². The first kappa shape index (κ1) is 18.7. The molecular formula is C23H28N4O. The van der Waals surface area contributed by atoms with E-state index in [-0.39, 0.29) is 0 Å². The summed E-state index contributed by atoms with van der Waals surface area (Å²) in [6.45, 7) is 6.57. The zero-order valence-electron chi connectivity index (χ0n) is 16.5. The Balaban J connectivity index is 1.41. The second-order valence-electron chi connectivity index (χ2n) is 8.10. The van der Waals surface area contributed by atoms with Crippen molar-refractivity contribution in [1.82, 2.24) is 9.97 Å². The lowest BCUT2D eigenvalue weighted by Crippen LogP contribution is -2.18. The first-order valence-electron chi connectivity index (χ1n) is 10.2. The molecule has 1 aromatic heterocycles. The minimum Gasteiger partial charge on any atom is -0.469 e. The fourth-order valence-corrected chi connectivity index (χ4v) is 4.22. The molecule has 2 aromatic rings. The highest BCUT2D eigenvalue weighted by Gasteiger charge is 2.23. The Morgan fingerprint density at radius 3 is 2.61 bits per heavy atom. The van der Waals surface area contributed by atoms with Crippen molar-refractivity contribution < 1.29 is 4.74 Å². The summed E-state index contributed by atoms with van der Waals surface area (Å²) in [5, 5.41) is 0. The summed E-state index contributed by atoms with van der Waals surface area (Å²) in [7, 11) is 0. The number of nitrogens with two attached hydrogens (primary N) is 1. The number of aliphatic imine (C=N–C) groups is 1. The predicted octanol–water partition coefficient (Wildman–Crippen LogP) is 5.20. The topological polar surface area (TPSA) is 73.4 Å². The average Bonchev–Trinajstić information content (AvgIpc) is 2.73. The van der Waals surface area contributed by atoms with Gasteiger partial charge >= 0.3 is 0 Å². The van der Waals surface area contributed by atoms with E-state index in [0.29, 0.717) is 29.9 Å². The summed E-state index contributed by atoms with van der Waals surface area (Å²) >= 11 is 0. The Labute approximate surface area is 166 Å². The van der Waals surface area contributed by atoms with Gasteiger partial charge in [0.25, 0.3) is 0 Å². The molecule has 2 aliphatic rings. The van der Waals surface area contributed by atoms with Crippen LogP contribution in [0.25, 0.3) is 0 Å². The predicted molar refractivity (Wildman–Crippen MR) is 113 cm³/mol. The third-order valence-corrected chi connectivity index (χ3v) is 5.95. The molecule has 1 aliphatic heterocycles. The number of anilines is 1. The van der Waals surface area contributed by atoms with Crippen molar-refractivity contribution in [2.24, 2.45) is 10.9 Å². The molecule has 0 amide bonds. The van der Waals surface area contributed by atoms with Gasteiger partial charge in [0.05, 0.1) is 5.71 Å². The summed E-state index contributed by atoms with van der Waals surface area (Å²) in [6.07, 6.45) is 9.10. The lowest BCUT2D eigenvalue weighted by molar-refractivity contribution is 0.310. The van der Waals surface area contributed by atoms with Gasteiger partial charge in [-0.05, 0) is 68.4 Å². The van der Waals surface area contributed by atoms with Gasteiger partial charge in [-0.1, -0.05) is 29.8 Å². The molecule has 0 unspecified atom stereocenters. The molecule has 1 aromatic carbocycles. The molecule has 5 heteroatoms.